The van der Waals surface area contributed by atoms with E-state index in [1.807, 2.05) is 24.3 Å². The maximum absolute atomic E-state index is 12.1. The summed E-state index contributed by atoms with van der Waals surface area (Å²) in [5.74, 6) is 0.808. The van der Waals surface area contributed by atoms with E-state index in [1.54, 1.807) is 37.4 Å². The van der Waals surface area contributed by atoms with Gasteiger partial charge in [-0.1, -0.05) is 12.1 Å². The first-order chi connectivity index (χ1) is 14.6. The quantitative estimate of drug-likeness (QED) is 0.499. The number of thiazole rings is 1. The summed E-state index contributed by atoms with van der Waals surface area (Å²) >= 11 is 1.74. The number of rotatable bonds is 8. The second-order valence-corrected chi connectivity index (χ2v) is 8.48. The largest absolute Gasteiger partial charge is 0.356 e. The molecule has 3 rings (SSSR count). The maximum atomic E-state index is 12.1. The van der Waals surface area contributed by atoms with Crippen molar-refractivity contribution in [3.63, 3.8) is 0 Å². The molecule has 0 saturated carbocycles. The van der Waals surface area contributed by atoms with Crippen molar-refractivity contribution in [1.82, 2.24) is 20.5 Å². The van der Waals surface area contributed by atoms with Crippen LogP contribution in [0.4, 0.5) is 5.13 Å². The number of amides is 1. The summed E-state index contributed by atoms with van der Waals surface area (Å²) in [6.07, 6.45) is 4.24. The van der Waals surface area contributed by atoms with Crippen LogP contribution in [0.25, 0.3) is 0 Å². The van der Waals surface area contributed by atoms with E-state index in [-0.39, 0.29) is 5.91 Å². The normalized spacial score (nSPS) is 14.1. The van der Waals surface area contributed by atoms with Crippen LogP contribution in [-0.4, -0.2) is 69.1 Å². The van der Waals surface area contributed by atoms with Crippen LogP contribution in [0.3, 0.4) is 0 Å². The van der Waals surface area contributed by atoms with Gasteiger partial charge < -0.3 is 20.4 Å². The topological polar surface area (TPSA) is 72.9 Å². The van der Waals surface area contributed by atoms with Crippen molar-refractivity contribution < 1.29 is 4.79 Å². The van der Waals surface area contributed by atoms with Crippen molar-refractivity contribution in [2.45, 2.75) is 25.7 Å². The average molecular weight is 429 g/mol. The molecule has 1 aliphatic heterocycles. The second-order valence-electron chi connectivity index (χ2n) is 7.64. The molecule has 0 unspecified atom stereocenters. The summed E-state index contributed by atoms with van der Waals surface area (Å²) in [4.78, 5) is 25.1. The van der Waals surface area contributed by atoms with E-state index in [2.05, 4.69) is 25.9 Å². The minimum absolute atomic E-state index is 0.0252. The van der Waals surface area contributed by atoms with Crippen LogP contribution >= 0.6 is 11.3 Å². The fourth-order valence-corrected chi connectivity index (χ4v) is 4.35. The molecule has 30 heavy (non-hydrogen) atoms. The third-order valence-electron chi connectivity index (χ3n) is 5.10. The minimum Gasteiger partial charge on any atom is -0.356 e. The zero-order chi connectivity index (χ0) is 21.3. The highest BCUT2D eigenvalue weighted by molar-refractivity contribution is 7.13. The van der Waals surface area contributed by atoms with Gasteiger partial charge in [0.2, 0.25) is 0 Å². The number of guanidine groups is 1. The Labute approximate surface area is 183 Å². The molecule has 0 atom stereocenters. The third kappa shape index (κ3) is 6.19. The van der Waals surface area contributed by atoms with Crippen molar-refractivity contribution in [3.8, 4) is 0 Å². The highest BCUT2D eigenvalue weighted by Crippen LogP contribution is 2.24. The zero-order valence-electron chi connectivity index (χ0n) is 18.1. The van der Waals surface area contributed by atoms with Crippen LogP contribution < -0.4 is 15.5 Å². The van der Waals surface area contributed by atoms with E-state index in [9.17, 15) is 4.79 Å². The summed E-state index contributed by atoms with van der Waals surface area (Å²) in [5, 5.41) is 10.0. The van der Waals surface area contributed by atoms with Gasteiger partial charge in [0, 0.05) is 64.7 Å². The molecule has 0 bridgehead atoms. The van der Waals surface area contributed by atoms with Crippen molar-refractivity contribution >= 4 is 28.3 Å². The summed E-state index contributed by atoms with van der Waals surface area (Å²) < 4.78 is 0. The molecule has 0 aliphatic carbocycles. The lowest BCUT2D eigenvalue weighted by Crippen LogP contribution is -2.39. The first-order valence-electron chi connectivity index (χ1n) is 10.5. The first-order valence-corrected chi connectivity index (χ1v) is 11.4. The molecule has 162 valence electrons. The lowest BCUT2D eigenvalue weighted by atomic mass is 10.1. The molecule has 2 aromatic rings. The molecule has 2 N–H and O–H groups in total. The summed E-state index contributed by atoms with van der Waals surface area (Å²) in [6, 6.07) is 7.79. The van der Waals surface area contributed by atoms with Crippen LogP contribution in [-0.2, 0) is 12.8 Å². The second kappa shape index (κ2) is 11.0. The van der Waals surface area contributed by atoms with Crippen molar-refractivity contribution in [2.24, 2.45) is 4.99 Å². The number of aliphatic imine (C=N–C) groups is 1. The van der Waals surface area contributed by atoms with Gasteiger partial charge in [0.1, 0.15) is 0 Å². The molecule has 7 nitrogen and oxygen atoms in total. The number of nitrogens with zero attached hydrogens (tertiary/aromatic N) is 4. The average Bonchev–Trinajstić information content (AvgIpc) is 3.44. The number of benzene rings is 1. The first kappa shape index (κ1) is 22.1. The summed E-state index contributed by atoms with van der Waals surface area (Å²) in [6.45, 7) is 3.80. The minimum atomic E-state index is 0.0252. The Morgan fingerprint density at radius 2 is 1.93 bits per heavy atom. The van der Waals surface area contributed by atoms with E-state index in [0.717, 1.165) is 66.9 Å². The van der Waals surface area contributed by atoms with Gasteiger partial charge in [-0.15, -0.1) is 11.3 Å². The van der Waals surface area contributed by atoms with Gasteiger partial charge in [-0.3, -0.25) is 9.79 Å². The molecule has 1 amide bonds. The molecule has 0 radical (unpaired) electrons. The van der Waals surface area contributed by atoms with E-state index in [0.29, 0.717) is 0 Å². The Morgan fingerprint density at radius 1 is 1.20 bits per heavy atom. The van der Waals surface area contributed by atoms with Gasteiger partial charge in [0.05, 0.1) is 5.69 Å². The van der Waals surface area contributed by atoms with Gasteiger partial charge in [0.25, 0.3) is 5.91 Å². The molecular weight excluding hydrogens is 396 g/mol. The molecule has 1 aromatic carbocycles. The maximum Gasteiger partial charge on any atom is 0.253 e. The predicted octanol–water partition coefficient (Wildman–Crippen LogP) is 2.40. The van der Waals surface area contributed by atoms with Crippen molar-refractivity contribution in [1.29, 1.82) is 0 Å². The lowest BCUT2D eigenvalue weighted by Gasteiger charge is -2.13. The number of nitrogens with one attached hydrogen (secondary N) is 2. The smallest absolute Gasteiger partial charge is 0.253 e. The zero-order valence-corrected chi connectivity index (χ0v) is 19.0. The van der Waals surface area contributed by atoms with E-state index < -0.39 is 0 Å². The molecular formula is C22H32N6OS. The number of carbonyl (C=O) groups is 1. The standard InChI is InChI=1S/C22H32N6OS/c1-23-21(24-11-9-17-7-6-8-18(15-17)20(29)27(2)3)25-12-10-19-16-30-22(26-19)28-13-4-5-14-28/h6-8,15-16H,4-5,9-14H2,1-3H3,(H2,23,24,25). The van der Waals surface area contributed by atoms with Crippen molar-refractivity contribution in [2.75, 3.05) is 52.2 Å². The molecule has 8 heteroatoms. The van der Waals surface area contributed by atoms with Gasteiger partial charge in [0.15, 0.2) is 11.1 Å². The number of hydrogen-bond donors (Lipinski definition) is 2. The highest BCUT2D eigenvalue weighted by Gasteiger charge is 2.15. The molecule has 0 spiro atoms. The molecule has 1 fully saturated rings. The molecule has 2 heterocycles. The Hall–Kier alpha value is -2.61. The Morgan fingerprint density at radius 3 is 2.63 bits per heavy atom. The fraction of sp³-hybridized carbons (Fsp3) is 0.500. The molecule has 1 saturated heterocycles. The molecule has 1 aromatic heterocycles. The van der Waals surface area contributed by atoms with Gasteiger partial charge >= 0.3 is 0 Å². The lowest BCUT2D eigenvalue weighted by molar-refractivity contribution is 0.0827. The number of carbonyl (C=O) groups excluding carboxylic acids is 1. The summed E-state index contributed by atoms with van der Waals surface area (Å²) in [7, 11) is 5.32. The van der Waals surface area contributed by atoms with Gasteiger partial charge in [-0.05, 0) is 37.0 Å². The van der Waals surface area contributed by atoms with Gasteiger partial charge in [-0.25, -0.2) is 4.98 Å². The monoisotopic (exact) mass is 428 g/mol. The third-order valence-corrected chi connectivity index (χ3v) is 6.05. The number of hydrogen-bond acceptors (Lipinski definition) is 5. The van der Waals surface area contributed by atoms with Gasteiger partial charge in [-0.2, -0.15) is 0 Å². The van der Waals surface area contributed by atoms with E-state index in [4.69, 9.17) is 4.98 Å². The number of aromatic nitrogens is 1. The van der Waals surface area contributed by atoms with Crippen LogP contribution in [0.15, 0.2) is 34.6 Å². The van der Waals surface area contributed by atoms with E-state index in [1.165, 1.54) is 12.8 Å². The van der Waals surface area contributed by atoms with Crippen LogP contribution in [0.2, 0.25) is 0 Å². The SMILES string of the molecule is CN=C(NCCc1cccc(C(=O)N(C)C)c1)NCCc1csc(N2CCCC2)n1. The number of anilines is 1. The predicted molar refractivity (Wildman–Crippen MR) is 125 cm³/mol. The summed E-state index contributed by atoms with van der Waals surface area (Å²) in [5.41, 5.74) is 2.98. The Balaban J connectivity index is 1.40. The Kier molecular flexibility index (Phi) is 8.07. The Bertz CT molecular complexity index is 857. The van der Waals surface area contributed by atoms with Crippen LogP contribution in [0.1, 0.15) is 34.5 Å². The van der Waals surface area contributed by atoms with Crippen LogP contribution in [0.5, 0.6) is 0 Å². The van der Waals surface area contributed by atoms with Crippen LogP contribution in [0, 0.1) is 0 Å². The van der Waals surface area contributed by atoms with E-state index >= 15 is 0 Å². The highest BCUT2D eigenvalue weighted by atomic mass is 32.1. The fourth-order valence-electron chi connectivity index (χ4n) is 3.44. The van der Waals surface area contributed by atoms with Crippen molar-refractivity contribution in [3.05, 3.63) is 46.5 Å². The molecule has 1 aliphatic rings.